The minimum absolute atomic E-state index is 0.0806. The zero-order chi connectivity index (χ0) is 35.8. The number of carbonyl (C=O) groups excluding carboxylic acids is 1. The van der Waals surface area contributed by atoms with Gasteiger partial charge in [-0.15, -0.1) is 5.10 Å². The van der Waals surface area contributed by atoms with Gasteiger partial charge in [0.15, 0.2) is 10.8 Å². The Morgan fingerprint density at radius 2 is 1.75 bits per heavy atom. The minimum atomic E-state index is -4.27. The molecule has 13 heteroatoms. The second kappa shape index (κ2) is 17.1. The maximum atomic E-state index is 13.1. The lowest BCUT2D eigenvalue weighted by molar-refractivity contribution is 0.0981. The number of rotatable bonds is 15. The number of anilines is 1. The van der Waals surface area contributed by atoms with Crippen LogP contribution in [0.15, 0.2) is 47.6 Å². The molecule has 3 aromatic rings. The second-order valence-corrected chi connectivity index (χ2v) is 17.4. The molecule has 4 heterocycles. The van der Waals surface area contributed by atoms with Gasteiger partial charge in [-0.05, 0) is 94.0 Å². The first-order chi connectivity index (χ1) is 24.6. The zero-order valence-electron chi connectivity index (χ0n) is 30.1. The van der Waals surface area contributed by atoms with Crippen LogP contribution in [0.5, 0.6) is 5.88 Å². The van der Waals surface area contributed by atoms with Crippen LogP contribution in [0.1, 0.15) is 114 Å². The molecule has 2 aliphatic carbocycles. The van der Waals surface area contributed by atoms with Gasteiger partial charge in [0.1, 0.15) is 11.0 Å². The Labute approximate surface area is 308 Å². The first-order valence-electron chi connectivity index (χ1n) is 18.9. The van der Waals surface area contributed by atoms with E-state index in [0.717, 1.165) is 44.1 Å². The lowest BCUT2D eigenvalue weighted by atomic mass is 9.68. The van der Waals surface area contributed by atoms with Gasteiger partial charge in [-0.2, -0.15) is 8.42 Å². The van der Waals surface area contributed by atoms with Crippen molar-refractivity contribution in [2.75, 3.05) is 25.0 Å². The van der Waals surface area contributed by atoms with Gasteiger partial charge >= 0.3 is 0 Å². The highest BCUT2D eigenvalue weighted by Gasteiger charge is 2.32. The van der Waals surface area contributed by atoms with Crippen molar-refractivity contribution in [3.05, 3.63) is 53.3 Å². The summed E-state index contributed by atoms with van der Waals surface area (Å²) in [6, 6.07) is 9.44. The maximum Gasteiger partial charge on any atom is 0.281 e. The van der Waals surface area contributed by atoms with E-state index in [9.17, 15) is 13.2 Å². The SMILES string of the molecule is CC1(C)C[C@H](CCCNc2cccc(S(=O)(=O)NC(=O)c3ccc(-n4ccc(OCCC(C5CCCCC5)C5CCCCC5)n4)nc3Cl)n2)CN1. The Kier molecular flexibility index (Phi) is 12.6. The van der Waals surface area contributed by atoms with Gasteiger partial charge in [0.05, 0.1) is 12.2 Å². The molecule has 6 rings (SSSR count). The van der Waals surface area contributed by atoms with Crippen LogP contribution in [0, 0.1) is 23.7 Å². The molecule has 1 aliphatic heterocycles. The molecule has 1 amide bonds. The van der Waals surface area contributed by atoms with Crippen LogP contribution in [0.4, 0.5) is 5.82 Å². The van der Waals surface area contributed by atoms with Crippen LogP contribution in [-0.4, -0.2) is 59.3 Å². The van der Waals surface area contributed by atoms with E-state index in [4.69, 9.17) is 16.3 Å². The monoisotopic (exact) mass is 739 g/mol. The van der Waals surface area contributed by atoms with Gasteiger partial charge in [-0.3, -0.25) is 4.79 Å². The molecule has 2 saturated carbocycles. The van der Waals surface area contributed by atoms with E-state index in [1.165, 1.54) is 81.0 Å². The molecule has 0 bridgehead atoms. The summed E-state index contributed by atoms with van der Waals surface area (Å²) in [4.78, 5) is 21.6. The Bertz CT molecular complexity index is 1700. The maximum absolute atomic E-state index is 13.1. The number of amides is 1. The summed E-state index contributed by atoms with van der Waals surface area (Å²) < 4.78 is 36.0. The molecule has 51 heavy (non-hydrogen) atoms. The number of halogens is 1. The Morgan fingerprint density at radius 1 is 1.02 bits per heavy atom. The molecule has 0 aromatic carbocycles. The topological polar surface area (TPSA) is 140 Å². The highest BCUT2D eigenvalue weighted by atomic mass is 35.5. The van der Waals surface area contributed by atoms with Crippen molar-refractivity contribution in [3.8, 4) is 11.7 Å². The van der Waals surface area contributed by atoms with E-state index in [-0.39, 0.29) is 21.3 Å². The predicted molar refractivity (Wildman–Crippen MR) is 200 cm³/mol. The van der Waals surface area contributed by atoms with E-state index >= 15 is 0 Å². The highest BCUT2D eigenvalue weighted by Crippen LogP contribution is 2.41. The van der Waals surface area contributed by atoms with Gasteiger partial charge in [-0.1, -0.05) is 81.9 Å². The number of nitrogens with one attached hydrogen (secondary N) is 3. The van der Waals surface area contributed by atoms with Gasteiger partial charge in [0, 0.05) is 24.3 Å². The Morgan fingerprint density at radius 3 is 2.41 bits per heavy atom. The molecule has 11 nitrogen and oxygen atoms in total. The number of ether oxygens (including phenoxy) is 1. The predicted octanol–water partition coefficient (Wildman–Crippen LogP) is 7.56. The molecule has 0 radical (unpaired) electrons. The first kappa shape index (κ1) is 37.5. The second-order valence-electron chi connectivity index (χ2n) is 15.4. The number of hydrogen-bond donors (Lipinski definition) is 3. The Balaban J connectivity index is 1.01. The van der Waals surface area contributed by atoms with Crippen molar-refractivity contribution in [2.24, 2.45) is 23.7 Å². The van der Waals surface area contributed by atoms with Crippen molar-refractivity contribution in [1.82, 2.24) is 29.8 Å². The third-order valence-corrected chi connectivity index (χ3v) is 12.6. The first-order valence-corrected chi connectivity index (χ1v) is 20.8. The molecule has 3 aromatic heterocycles. The lowest BCUT2D eigenvalue weighted by Gasteiger charge is -2.38. The molecule has 1 atom stereocenters. The number of nitrogens with zero attached hydrogens (tertiary/aromatic N) is 4. The van der Waals surface area contributed by atoms with Crippen molar-refractivity contribution in [2.45, 2.75) is 114 Å². The number of sulfonamides is 1. The highest BCUT2D eigenvalue weighted by molar-refractivity contribution is 7.90. The van der Waals surface area contributed by atoms with E-state index in [2.05, 4.69) is 44.3 Å². The fourth-order valence-corrected chi connectivity index (χ4v) is 9.67. The summed E-state index contributed by atoms with van der Waals surface area (Å²) in [5.74, 6) is 3.38. The molecule has 3 aliphatic rings. The van der Waals surface area contributed by atoms with Crippen LogP contribution in [0.3, 0.4) is 0 Å². The number of aromatic nitrogens is 4. The molecule has 3 N–H and O–H groups in total. The van der Waals surface area contributed by atoms with Gasteiger partial charge in [-0.25, -0.2) is 19.4 Å². The van der Waals surface area contributed by atoms with Gasteiger partial charge in [0.2, 0.25) is 5.88 Å². The number of pyridine rings is 2. The largest absolute Gasteiger partial charge is 0.477 e. The smallest absolute Gasteiger partial charge is 0.281 e. The fraction of sp³-hybridized carbons (Fsp3) is 0.632. The van der Waals surface area contributed by atoms with Gasteiger partial charge < -0.3 is 15.4 Å². The van der Waals surface area contributed by atoms with Crippen molar-refractivity contribution in [3.63, 3.8) is 0 Å². The minimum Gasteiger partial charge on any atom is -0.477 e. The van der Waals surface area contributed by atoms with E-state index in [0.29, 0.717) is 42.5 Å². The van der Waals surface area contributed by atoms with E-state index < -0.39 is 15.9 Å². The van der Waals surface area contributed by atoms with Crippen LogP contribution in [0.25, 0.3) is 5.82 Å². The molecular formula is C38H54ClN7O4S. The third kappa shape index (κ3) is 10.2. The summed E-state index contributed by atoms with van der Waals surface area (Å²) in [6.45, 7) is 6.74. The molecule has 1 saturated heterocycles. The van der Waals surface area contributed by atoms with Crippen molar-refractivity contribution < 1.29 is 17.9 Å². The fourth-order valence-electron chi connectivity index (χ4n) is 8.50. The molecular weight excluding hydrogens is 686 g/mol. The number of carbonyl (C=O) groups is 1. The third-order valence-electron chi connectivity index (χ3n) is 11.1. The van der Waals surface area contributed by atoms with E-state index in [1.54, 1.807) is 30.5 Å². The summed E-state index contributed by atoms with van der Waals surface area (Å²) >= 11 is 6.41. The summed E-state index contributed by atoms with van der Waals surface area (Å²) in [7, 11) is -4.27. The lowest BCUT2D eigenvalue weighted by Crippen LogP contribution is -2.31. The van der Waals surface area contributed by atoms with Crippen LogP contribution < -0.4 is 20.1 Å². The van der Waals surface area contributed by atoms with Crippen molar-refractivity contribution >= 4 is 33.3 Å². The summed E-state index contributed by atoms with van der Waals surface area (Å²) in [5.41, 5.74) is 0.0996. The quantitative estimate of drug-likeness (QED) is 0.106. The molecule has 3 fully saturated rings. The average Bonchev–Trinajstić information content (AvgIpc) is 3.75. The number of hydrogen-bond acceptors (Lipinski definition) is 9. The van der Waals surface area contributed by atoms with Crippen LogP contribution in [-0.2, 0) is 10.0 Å². The van der Waals surface area contributed by atoms with Crippen LogP contribution >= 0.6 is 11.6 Å². The molecule has 0 unspecified atom stereocenters. The normalized spacial score (nSPS) is 20.0. The van der Waals surface area contributed by atoms with Crippen LogP contribution in [0.2, 0.25) is 5.15 Å². The summed E-state index contributed by atoms with van der Waals surface area (Å²) in [5, 5.41) is 10.9. The van der Waals surface area contributed by atoms with E-state index in [1.807, 2.05) is 0 Å². The van der Waals surface area contributed by atoms with Gasteiger partial charge in [0.25, 0.3) is 15.9 Å². The average molecular weight is 740 g/mol. The standard InChI is InChI=1S/C38H54ClN7O4S/c1-38(2)25-27(26-41-38)11-10-22-40-32-16-9-17-35(42-32)51(48,49)45-37(47)31-18-19-33(43-36(31)39)46-23-20-34(44-46)50-24-21-30(28-12-5-3-6-13-28)29-14-7-4-8-15-29/h9,16-20,23,27-30,41H,3-8,10-15,21-22,24-26H2,1-2H3,(H,40,42)(H,45,47)/t27-/m0/s1. The Hall–Kier alpha value is -3.22. The summed E-state index contributed by atoms with van der Waals surface area (Å²) in [6.07, 6.45) is 19.5. The van der Waals surface area contributed by atoms with Crippen molar-refractivity contribution in [1.29, 1.82) is 0 Å². The molecule has 0 spiro atoms. The molecule has 278 valence electrons. The zero-order valence-corrected chi connectivity index (χ0v) is 31.7.